The fraction of sp³-hybridized carbons (Fsp3) is 1.00. The molecule has 0 spiro atoms. The van der Waals surface area contributed by atoms with Crippen molar-refractivity contribution in [3.63, 3.8) is 0 Å². The molecule has 0 saturated carbocycles. The van der Waals surface area contributed by atoms with E-state index in [0.29, 0.717) is 24.9 Å². The first-order chi connectivity index (χ1) is 8.62. The molecule has 2 N–H and O–H groups in total. The Hall–Kier alpha value is 0.180. The van der Waals surface area contributed by atoms with E-state index in [9.17, 15) is 8.42 Å². The molecule has 2 heterocycles. The van der Waals surface area contributed by atoms with Gasteiger partial charge in [-0.1, -0.05) is 0 Å². The van der Waals surface area contributed by atoms with Crippen LogP contribution in [0.15, 0.2) is 0 Å². The summed E-state index contributed by atoms with van der Waals surface area (Å²) < 4.78 is 28.4. The molecule has 0 bridgehead atoms. The molecule has 2 saturated heterocycles. The number of rotatable bonds is 5. The number of hydrogen-bond acceptors (Lipinski definition) is 4. The summed E-state index contributed by atoms with van der Waals surface area (Å²) in [5, 5.41) is 9.56. The minimum absolute atomic E-state index is 0.0739. The second-order valence-electron chi connectivity index (χ2n) is 5.04. The highest BCUT2D eigenvalue weighted by Gasteiger charge is 2.29. The van der Waals surface area contributed by atoms with Crippen molar-refractivity contribution in [2.45, 2.75) is 30.9 Å². The predicted molar refractivity (Wildman–Crippen MR) is 73.8 cm³/mol. The highest BCUT2D eigenvalue weighted by atomic mass is 32.2. The molecule has 0 aromatic carbocycles. The third kappa shape index (κ3) is 3.84. The van der Waals surface area contributed by atoms with Crippen LogP contribution in [0.3, 0.4) is 0 Å². The zero-order valence-corrected chi connectivity index (χ0v) is 12.2. The van der Waals surface area contributed by atoms with Gasteiger partial charge in [0.15, 0.2) is 0 Å². The van der Waals surface area contributed by atoms with Crippen LogP contribution in [-0.4, -0.2) is 55.1 Å². The largest absolute Gasteiger partial charge is 0.396 e. The molecule has 106 valence electrons. The third-order valence-electron chi connectivity index (χ3n) is 3.60. The molecule has 0 aromatic rings. The highest BCUT2D eigenvalue weighted by Crippen LogP contribution is 2.25. The molecule has 2 aliphatic heterocycles. The maximum atomic E-state index is 12.1. The van der Waals surface area contributed by atoms with Crippen LogP contribution in [0.5, 0.6) is 0 Å². The van der Waals surface area contributed by atoms with Gasteiger partial charge in [-0.15, -0.1) is 0 Å². The Morgan fingerprint density at radius 2 is 2.17 bits per heavy atom. The first-order valence-corrected chi connectivity index (χ1v) is 9.08. The standard InChI is InChI=1S/C11H22N2O3S2/c14-9-10-3-1-5-13(8-10)18(15,16)12-7-11-4-2-6-17-11/h10-12,14H,1-9H2. The first kappa shape index (κ1) is 14.6. The lowest BCUT2D eigenvalue weighted by Crippen LogP contribution is -2.47. The lowest BCUT2D eigenvalue weighted by molar-refractivity contribution is 0.165. The summed E-state index contributed by atoms with van der Waals surface area (Å²) in [4.78, 5) is 0. The van der Waals surface area contributed by atoms with E-state index in [-0.39, 0.29) is 12.5 Å². The van der Waals surface area contributed by atoms with Crippen molar-refractivity contribution in [3.05, 3.63) is 0 Å². The van der Waals surface area contributed by atoms with Crippen molar-refractivity contribution in [1.29, 1.82) is 0 Å². The number of aliphatic hydroxyl groups is 1. The van der Waals surface area contributed by atoms with E-state index in [1.54, 1.807) is 0 Å². The van der Waals surface area contributed by atoms with E-state index in [4.69, 9.17) is 5.11 Å². The maximum absolute atomic E-state index is 12.1. The Bertz CT molecular complexity index is 355. The molecule has 7 heteroatoms. The second kappa shape index (κ2) is 6.56. The summed E-state index contributed by atoms with van der Waals surface area (Å²) in [7, 11) is -3.35. The molecule has 0 amide bonds. The van der Waals surface area contributed by atoms with Crippen molar-refractivity contribution in [2.75, 3.05) is 32.0 Å². The molecule has 5 nitrogen and oxygen atoms in total. The van der Waals surface area contributed by atoms with Gasteiger partial charge in [-0.05, 0) is 37.4 Å². The van der Waals surface area contributed by atoms with Gasteiger partial charge >= 0.3 is 0 Å². The quantitative estimate of drug-likeness (QED) is 0.771. The molecule has 0 aromatic heterocycles. The Kier molecular flexibility index (Phi) is 5.32. The minimum atomic E-state index is -3.35. The molecular formula is C11H22N2O3S2. The van der Waals surface area contributed by atoms with Gasteiger partial charge in [-0.2, -0.15) is 24.5 Å². The van der Waals surface area contributed by atoms with E-state index in [1.165, 1.54) is 10.7 Å². The fourth-order valence-corrected chi connectivity index (χ4v) is 5.17. The van der Waals surface area contributed by atoms with E-state index >= 15 is 0 Å². The second-order valence-corrected chi connectivity index (χ2v) is 8.20. The monoisotopic (exact) mass is 294 g/mol. The average molecular weight is 294 g/mol. The molecule has 2 atom stereocenters. The van der Waals surface area contributed by atoms with Crippen molar-refractivity contribution in [3.8, 4) is 0 Å². The van der Waals surface area contributed by atoms with Gasteiger partial charge in [0.25, 0.3) is 10.2 Å². The zero-order chi connectivity index (χ0) is 13.0. The van der Waals surface area contributed by atoms with Gasteiger partial charge in [0.2, 0.25) is 0 Å². The van der Waals surface area contributed by atoms with Gasteiger partial charge < -0.3 is 5.11 Å². The third-order valence-corrected chi connectivity index (χ3v) is 6.54. The van der Waals surface area contributed by atoms with Crippen LogP contribution < -0.4 is 4.72 Å². The summed E-state index contributed by atoms with van der Waals surface area (Å²) in [5.41, 5.74) is 0. The Labute approximate surface area is 114 Å². The molecule has 2 rings (SSSR count). The maximum Gasteiger partial charge on any atom is 0.279 e. The topological polar surface area (TPSA) is 69.6 Å². The SMILES string of the molecule is O=S(=O)(NCC1CCCS1)N1CCCC(CO)C1. The molecule has 0 radical (unpaired) electrons. The lowest BCUT2D eigenvalue weighted by Gasteiger charge is -2.31. The first-order valence-electron chi connectivity index (χ1n) is 6.59. The molecule has 2 aliphatic rings. The number of nitrogens with one attached hydrogen (secondary N) is 1. The van der Waals surface area contributed by atoms with E-state index in [1.807, 2.05) is 11.8 Å². The summed E-state index contributed by atoms with van der Waals surface area (Å²) in [6, 6.07) is 0. The van der Waals surface area contributed by atoms with Gasteiger partial charge in [-0.25, -0.2) is 4.72 Å². The van der Waals surface area contributed by atoms with E-state index in [2.05, 4.69) is 4.72 Å². The highest BCUT2D eigenvalue weighted by molar-refractivity contribution is 8.00. The molecule has 18 heavy (non-hydrogen) atoms. The lowest BCUT2D eigenvalue weighted by atomic mass is 10.0. The van der Waals surface area contributed by atoms with Crippen LogP contribution in [0.1, 0.15) is 25.7 Å². The van der Waals surface area contributed by atoms with Gasteiger partial charge in [-0.3, -0.25) is 0 Å². The number of piperidine rings is 1. The summed E-state index contributed by atoms with van der Waals surface area (Å²) >= 11 is 1.85. The van der Waals surface area contributed by atoms with Crippen LogP contribution >= 0.6 is 11.8 Å². The minimum Gasteiger partial charge on any atom is -0.396 e. The number of aliphatic hydroxyl groups excluding tert-OH is 1. The average Bonchev–Trinajstić information content (AvgIpc) is 2.90. The Morgan fingerprint density at radius 3 is 2.83 bits per heavy atom. The summed E-state index contributed by atoms with van der Waals surface area (Å²) in [6.07, 6.45) is 4.05. The molecular weight excluding hydrogens is 272 g/mol. The Morgan fingerprint density at radius 1 is 1.33 bits per heavy atom. The van der Waals surface area contributed by atoms with Crippen molar-refractivity contribution in [1.82, 2.24) is 9.03 Å². The van der Waals surface area contributed by atoms with E-state index in [0.717, 1.165) is 25.0 Å². The zero-order valence-electron chi connectivity index (χ0n) is 10.5. The van der Waals surface area contributed by atoms with Gasteiger partial charge in [0.1, 0.15) is 0 Å². The number of hydrogen-bond donors (Lipinski definition) is 2. The van der Waals surface area contributed by atoms with Crippen molar-refractivity contribution in [2.24, 2.45) is 5.92 Å². The smallest absolute Gasteiger partial charge is 0.279 e. The predicted octanol–water partition coefficient (Wildman–Crippen LogP) is 0.421. The van der Waals surface area contributed by atoms with Crippen LogP contribution in [0.25, 0.3) is 0 Å². The van der Waals surface area contributed by atoms with Crippen molar-refractivity contribution >= 4 is 22.0 Å². The van der Waals surface area contributed by atoms with Gasteiger partial charge in [0, 0.05) is 31.5 Å². The number of nitrogens with zero attached hydrogens (tertiary/aromatic N) is 1. The number of thioether (sulfide) groups is 1. The fourth-order valence-electron chi connectivity index (χ4n) is 2.49. The summed E-state index contributed by atoms with van der Waals surface area (Å²) in [6.45, 7) is 1.63. The molecule has 2 fully saturated rings. The van der Waals surface area contributed by atoms with Crippen LogP contribution in [0.2, 0.25) is 0 Å². The van der Waals surface area contributed by atoms with E-state index < -0.39 is 10.2 Å². The molecule has 2 unspecified atom stereocenters. The van der Waals surface area contributed by atoms with Crippen LogP contribution in [0.4, 0.5) is 0 Å². The van der Waals surface area contributed by atoms with Gasteiger partial charge in [0.05, 0.1) is 0 Å². The summed E-state index contributed by atoms with van der Waals surface area (Å²) in [5.74, 6) is 1.24. The Balaban J connectivity index is 1.84. The van der Waals surface area contributed by atoms with Crippen molar-refractivity contribution < 1.29 is 13.5 Å². The normalized spacial score (nSPS) is 30.7. The molecule has 0 aliphatic carbocycles. The van der Waals surface area contributed by atoms with Crippen LogP contribution in [0, 0.1) is 5.92 Å². The van der Waals surface area contributed by atoms with Crippen LogP contribution in [-0.2, 0) is 10.2 Å².